The quantitative estimate of drug-likeness (QED) is 0.860. The summed E-state index contributed by atoms with van der Waals surface area (Å²) in [5, 5.41) is 3.35. The molecule has 1 N–H and O–H groups in total. The summed E-state index contributed by atoms with van der Waals surface area (Å²) < 4.78 is 10.4. The Morgan fingerprint density at radius 3 is 2.62 bits per heavy atom. The van der Waals surface area contributed by atoms with Gasteiger partial charge in [0.1, 0.15) is 18.8 Å². The maximum Gasteiger partial charge on any atom is 0.412 e. The molecule has 2 unspecified atom stereocenters. The fourth-order valence-corrected chi connectivity index (χ4v) is 3.83. The van der Waals surface area contributed by atoms with Gasteiger partial charge in [-0.15, -0.1) is 0 Å². The van der Waals surface area contributed by atoms with Gasteiger partial charge in [-0.3, -0.25) is 4.90 Å². The van der Waals surface area contributed by atoms with Gasteiger partial charge in [-0.05, 0) is 23.6 Å². The molecule has 1 fully saturated rings. The molecule has 2 aromatic carbocycles. The minimum Gasteiger partial charge on any atom is -0.467 e. The van der Waals surface area contributed by atoms with Crippen molar-refractivity contribution in [3.63, 3.8) is 0 Å². The molecule has 0 saturated carbocycles. The number of carbonyl (C=O) groups is 2. The van der Waals surface area contributed by atoms with Gasteiger partial charge in [-0.1, -0.05) is 48.5 Å². The summed E-state index contributed by atoms with van der Waals surface area (Å²) in [5.74, 6) is -0.380. The number of amides is 1. The van der Waals surface area contributed by atoms with E-state index in [4.69, 9.17) is 9.47 Å². The number of likely N-dealkylation sites (tertiary alicyclic amines) is 1. The van der Waals surface area contributed by atoms with Crippen LogP contribution in [0.3, 0.4) is 0 Å². The van der Waals surface area contributed by atoms with Gasteiger partial charge < -0.3 is 14.8 Å². The molecule has 134 valence electrons. The topological polar surface area (TPSA) is 67.9 Å². The number of methoxy groups -OCH3 is 1. The summed E-state index contributed by atoms with van der Waals surface area (Å²) in [6.07, 6.45) is -0.307. The van der Waals surface area contributed by atoms with E-state index in [9.17, 15) is 9.59 Å². The number of hydrogen-bond donors (Lipinski definition) is 1. The van der Waals surface area contributed by atoms with Crippen LogP contribution in [0.1, 0.15) is 23.5 Å². The number of ether oxygens (including phenoxy) is 2. The van der Waals surface area contributed by atoms with Crippen molar-refractivity contribution < 1.29 is 19.1 Å². The Morgan fingerprint density at radius 1 is 1.12 bits per heavy atom. The average molecular weight is 352 g/mol. The van der Waals surface area contributed by atoms with Gasteiger partial charge in [-0.25, -0.2) is 9.59 Å². The number of rotatable bonds is 3. The lowest BCUT2D eigenvalue weighted by molar-refractivity contribution is -0.145. The molecule has 0 radical (unpaired) electrons. The molecule has 6 nitrogen and oxygen atoms in total. The minimum atomic E-state index is -0.654. The van der Waals surface area contributed by atoms with Crippen LogP contribution in [0, 0.1) is 0 Å². The Bertz CT molecular complexity index is 824. The SMILES string of the molecule is COC(=O)[C@@H]1CC2c3ccccc3NC2N1C(=O)OCc1ccccc1. The number of carbonyl (C=O) groups excluding carboxylic acids is 2. The maximum atomic E-state index is 12.8. The van der Waals surface area contributed by atoms with Crippen LogP contribution in [0.4, 0.5) is 10.5 Å². The number of esters is 1. The third-order valence-corrected chi connectivity index (χ3v) is 5.05. The predicted octanol–water partition coefficient (Wildman–Crippen LogP) is 3.11. The fourth-order valence-electron chi connectivity index (χ4n) is 3.83. The van der Waals surface area contributed by atoms with Gasteiger partial charge in [-0.2, -0.15) is 0 Å². The molecule has 2 aliphatic rings. The molecule has 0 aromatic heterocycles. The van der Waals surface area contributed by atoms with E-state index in [1.807, 2.05) is 54.6 Å². The second-order valence-corrected chi connectivity index (χ2v) is 6.51. The van der Waals surface area contributed by atoms with Crippen LogP contribution in [0.5, 0.6) is 0 Å². The molecule has 1 amide bonds. The standard InChI is InChI=1S/C20H20N2O4/c1-25-19(23)17-11-15-14-9-5-6-10-16(14)21-18(15)22(17)20(24)26-12-13-7-3-2-4-8-13/h2-10,15,17-18,21H,11-12H2,1H3/t15?,17-,18?/m0/s1. The number of fused-ring (bicyclic) bond motifs is 3. The second-order valence-electron chi connectivity index (χ2n) is 6.51. The van der Waals surface area contributed by atoms with Crippen LogP contribution < -0.4 is 5.32 Å². The van der Waals surface area contributed by atoms with Gasteiger partial charge >= 0.3 is 12.1 Å². The van der Waals surface area contributed by atoms with Gasteiger partial charge in [0.2, 0.25) is 0 Å². The molecule has 6 heteroatoms. The lowest BCUT2D eigenvalue weighted by Gasteiger charge is -2.28. The predicted molar refractivity (Wildman–Crippen MR) is 95.5 cm³/mol. The van der Waals surface area contributed by atoms with Gasteiger partial charge in [0, 0.05) is 11.6 Å². The van der Waals surface area contributed by atoms with Crippen LogP contribution in [0.2, 0.25) is 0 Å². The third kappa shape index (κ3) is 2.77. The van der Waals surface area contributed by atoms with Crippen molar-refractivity contribution in [3.8, 4) is 0 Å². The zero-order valence-corrected chi connectivity index (χ0v) is 14.4. The Morgan fingerprint density at radius 2 is 1.85 bits per heavy atom. The lowest BCUT2D eigenvalue weighted by atomic mass is 9.96. The molecular weight excluding hydrogens is 332 g/mol. The monoisotopic (exact) mass is 352 g/mol. The summed E-state index contributed by atoms with van der Waals surface area (Å²) in [5.41, 5.74) is 3.00. The van der Waals surface area contributed by atoms with Gasteiger partial charge in [0.25, 0.3) is 0 Å². The molecule has 1 saturated heterocycles. The van der Waals surface area contributed by atoms with Crippen LogP contribution >= 0.6 is 0 Å². The third-order valence-electron chi connectivity index (χ3n) is 5.05. The molecule has 4 rings (SSSR count). The maximum absolute atomic E-state index is 12.8. The van der Waals surface area contributed by atoms with E-state index in [0.717, 1.165) is 16.8 Å². The van der Waals surface area contributed by atoms with E-state index in [1.165, 1.54) is 12.0 Å². The Hall–Kier alpha value is -3.02. The van der Waals surface area contributed by atoms with Crippen molar-refractivity contribution >= 4 is 17.7 Å². The highest BCUT2D eigenvalue weighted by atomic mass is 16.6. The largest absolute Gasteiger partial charge is 0.467 e. The van der Waals surface area contributed by atoms with E-state index in [1.54, 1.807) is 0 Å². The van der Waals surface area contributed by atoms with Crippen LogP contribution in [0.25, 0.3) is 0 Å². The number of nitrogens with one attached hydrogen (secondary N) is 1. The summed E-state index contributed by atoms with van der Waals surface area (Å²) in [7, 11) is 1.34. The average Bonchev–Trinajstić information content (AvgIpc) is 3.22. The van der Waals surface area contributed by atoms with E-state index < -0.39 is 18.1 Å². The molecule has 0 aliphatic carbocycles. The van der Waals surface area contributed by atoms with E-state index >= 15 is 0 Å². The Balaban J connectivity index is 1.56. The van der Waals surface area contributed by atoms with E-state index in [2.05, 4.69) is 5.32 Å². The first-order chi connectivity index (χ1) is 12.7. The molecule has 26 heavy (non-hydrogen) atoms. The normalized spacial score (nSPS) is 23.0. The molecule has 0 spiro atoms. The Labute approximate surface area is 151 Å². The van der Waals surface area contributed by atoms with Crippen LogP contribution in [-0.4, -0.2) is 36.3 Å². The first kappa shape index (κ1) is 16.4. The van der Waals surface area contributed by atoms with Crippen LogP contribution in [-0.2, 0) is 20.9 Å². The summed E-state index contributed by atoms with van der Waals surface area (Å²) >= 11 is 0. The first-order valence-corrected chi connectivity index (χ1v) is 8.61. The smallest absolute Gasteiger partial charge is 0.412 e. The van der Waals surface area contributed by atoms with Crippen molar-refractivity contribution in [2.45, 2.75) is 31.2 Å². The van der Waals surface area contributed by atoms with Crippen molar-refractivity contribution in [1.82, 2.24) is 4.90 Å². The van der Waals surface area contributed by atoms with Crippen molar-refractivity contribution in [3.05, 3.63) is 65.7 Å². The first-order valence-electron chi connectivity index (χ1n) is 8.61. The minimum absolute atomic E-state index is 0.0413. The summed E-state index contributed by atoms with van der Waals surface area (Å²) in [4.78, 5) is 26.5. The van der Waals surface area contributed by atoms with Crippen molar-refractivity contribution in [1.29, 1.82) is 0 Å². The van der Waals surface area contributed by atoms with E-state index in [0.29, 0.717) is 6.42 Å². The molecule has 2 aromatic rings. The lowest BCUT2D eigenvalue weighted by Crippen LogP contribution is -2.48. The zero-order chi connectivity index (χ0) is 18.1. The molecule has 2 heterocycles. The summed E-state index contributed by atoms with van der Waals surface area (Å²) in [6, 6.07) is 16.7. The highest BCUT2D eigenvalue weighted by Crippen LogP contribution is 2.46. The second kappa shape index (κ2) is 6.71. The summed E-state index contributed by atoms with van der Waals surface area (Å²) in [6.45, 7) is 0.161. The Kier molecular flexibility index (Phi) is 4.24. The molecular formula is C20H20N2O4. The highest BCUT2D eigenvalue weighted by Gasteiger charge is 2.52. The van der Waals surface area contributed by atoms with Crippen LogP contribution in [0.15, 0.2) is 54.6 Å². The van der Waals surface area contributed by atoms with Crippen molar-refractivity contribution in [2.24, 2.45) is 0 Å². The number of anilines is 1. The fraction of sp³-hybridized carbons (Fsp3) is 0.300. The molecule has 0 bridgehead atoms. The molecule has 3 atom stereocenters. The number of nitrogens with zero attached hydrogens (tertiary/aromatic N) is 1. The zero-order valence-electron chi connectivity index (χ0n) is 14.4. The highest BCUT2D eigenvalue weighted by molar-refractivity contribution is 5.84. The van der Waals surface area contributed by atoms with E-state index in [-0.39, 0.29) is 18.7 Å². The molecule has 2 aliphatic heterocycles. The van der Waals surface area contributed by atoms with Gasteiger partial charge in [0.15, 0.2) is 0 Å². The van der Waals surface area contributed by atoms with Crippen molar-refractivity contribution in [2.75, 3.05) is 12.4 Å². The van der Waals surface area contributed by atoms with Gasteiger partial charge in [0.05, 0.1) is 7.11 Å². The number of benzene rings is 2. The number of hydrogen-bond acceptors (Lipinski definition) is 5. The number of para-hydroxylation sites is 1.